The molecular weight excluding hydrogens is 344 g/mol. The Morgan fingerprint density at radius 2 is 1.93 bits per heavy atom. The van der Waals surface area contributed by atoms with E-state index >= 15 is 0 Å². The first kappa shape index (κ1) is 23.1. The van der Waals surface area contributed by atoms with Crippen LogP contribution >= 0.6 is 0 Å². The van der Waals surface area contributed by atoms with Crippen LogP contribution in [-0.2, 0) is 9.59 Å². The summed E-state index contributed by atoms with van der Waals surface area (Å²) in [6.07, 6.45) is 17.2. The number of ketones is 1. The number of aliphatic carboxylic acids is 1. The van der Waals surface area contributed by atoms with E-state index in [-0.39, 0.29) is 30.5 Å². The Labute approximate surface area is 161 Å². The van der Waals surface area contributed by atoms with Gasteiger partial charge in [0.15, 0.2) is 0 Å². The van der Waals surface area contributed by atoms with E-state index in [0.29, 0.717) is 25.7 Å². The predicted molar refractivity (Wildman–Crippen MR) is 106 cm³/mol. The van der Waals surface area contributed by atoms with Gasteiger partial charge in [-0.15, -0.1) is 0 Å². The molecule has 0 aromatic heterocycles. The molecule has 0 heterocycles. The molecular formula is C22H32O5. The highest BCUT2D eigenvalue weighted by Gasteiger charge is 2.39. The maximum absolute atomic E-state index is 12.1. The average molecular weight is 376 g/mol. The number of carbonyl (C=O) groups excluding carboxylic acids is 1. The third-order valence-corrected chi connectivity index (χ3v) is 4.59. The number of carboxylic acids is 1. The fourth-order valence-electron chi connectivity index (χ4n) is 3.10. The first-order valence-corrected chi connectivity index (χ1v) is 9.69. The Balaban J connectivity index is 2.48. The van der Waals surface area contributed by atoms with Crippen LogP contribution in [0.15, 0.2) is 48.6 Å². The van der Waals surface area contributed by atoms with Gasteiger partial charge in [-0.25, -0.2) is 0 Å². The van der Waals surface area contributed by atoms with E-state index in [1.807, 2.05) is 43.4 Å². The van der Waals surface area contributed by atoms with Crippen LogP contribution in [0.2, 0.25) is 0 Å². The lowest BCUT2D eigenvalue weighted by atomic mass is 9.90. The summed E-state index contributed by atoms with van der Waals surface area (Å²) in [4.78, 5) is 22.6. The van der Waals surface area contributed by atoms with Crippen molar-refractivity contribution in [1.82, 2.24) is 0 Å². The third kappa shape index (κ3) is 9.50. The minimum absolute atomic E-state index is 0.0548. The number of aliphatic hydroxyl groups excluding tert-OH is 2. The quantitative estimate of drug-likeness (QED) is 0.453. The van der Waals surface area contributed by atoms with E-state index in [2.05, 4.69) is 0 Å². The molecule has 1 fully saturated rings. The second-order valence-corrected chi connectivity index (χ2v) is 6.84. The lowest BCUT2D eigenvalue weighted by Gasteiger charge is -2.16. The lowest BCUT2D eigenvalue weighted by molar-refractivity contribution is -0.136. The van der Waals surface area contributed by atoms with E-state index in [9.17, 15) is 19.8 Å². The molecule has 1 saturated carbocycles. The van der Waals surface area contributed by atoms with Gasteiger partial charge in [0.2, 0.25) is 0 Å². The zero-order valence-electron chi connectivity index (χ0n) is 16.0. The predicted octanol–water partition coefficient (Wildman–Crippen LogP) is 3.58. The van der Waals surface area contributed by atoms with E-state index in [1.54, 1.807) is 12.2 Å². The van der Waals surface area contributed by atoms with Crippen LogP contribution < -0.4 is 0 Å². The van der Waals surface area contributed by atoms with Gasteiger partial charge in [0.05, 0.1) is 12.2 Å². The maximum Gasteiger partial charge on any atom is 0.303 e. The van der Waals surface area contributed by atoms with Gasteiger partial charge in [-0.05, 0) is 32.1 Å². The molecule has 3 N–H and O–H groups in total. The normalized spacial score (nSPS) is 24.9. The highest BCUT2D eigenvalue weighted by Crippen LogP contribution is 2.33. The molecule has 1 aliphatic rings. The largest absolute Gasteiger partial charge is 0.481 e. The first-order chi connectivity index (χ1) is 13.0. The molecule has 150 valence electrons. The summed E-state index contributed by atoms with van der Waals surface area (Å²) in [5, 5.41) is 28.7. The number of hydrogen-bond donors (Lipinski definition) is 3. The molecule has 1 aliphatic carbocycles. The summed E-state index contributed by atoms with van der Waals surface area (Å²) in [7, 11) is 0. The highest BCUT2D eigenvalue weighted by atomic mass is 16.4. The average Bonchev–Trinajstić information content (AvgIpc) is 2.88. The SMILES string of the molecule is CC/C=C\C[C@@H](O)/C=C/[C@@H]1[C@@H](O)CC(=O)[C@@H]1C/C=C\C/C=C\CCC(=O)O. The molecule has 0 aromatic carbocycles. The van der Waals surface area contributed by atoms with Gasteiger partial charge in [0, 0.05) is 24.7 Å². The van der Waals surface area contributed by atoms with Crippen LogP contribution in [0.5, 0.6) is 0 Å². The van der Waals surface area contributed by atoms with Crippen molar-refractivity contribution in [3.8, 4) is 0 Å². The molecule has 5 heteroatoms. The van der Waals surface area contributed by atoms with Crippen molar-refractivity contribution in [3.63, 3.8) is 0 Å². The number of aliphatic hydroxyl groups is 2. The number of carbonyl (C=O) groups is 2. The van der Waals surface area contributed by atoms with Crippen molar-refractivity contribution in [1.29, 1.82) is 0 Å². The fourth-order valence-corrected chi connectivity index (χ4v) is 3.10. The summed E-state index contributed by atoms with van der Waals surface area (Å²) in [5.74, 6) is -1.28. The second-order valence-electron chi connectivity index (χ2n) is 6.84. The number of hydrogen-bond acceptors (Lipinski definition) is 4. The summed E-state index contributed by atoms with van der Waals surface area (Å²) in [6, 6.07) is 0. The zero-order valence-corrected chi connectivity index (χ0v) is 16.0. The smallest absolute Gasteiger partial charge is 0.303 e. The van der Waals surface area contributed by atoms with Crippen LogP contribution in [0.3, 0.4) is 0 Å². The molecule has 4 atom stereocenters. The van der Waals surface area contributed by atoms with Crippen LogP contribution in [0.25, 0.3) is 0 Å². The minimum Gasteiger partial charge on any atom is -0.481 e. The Morgan fingerprint density at radius 3 is 2.63 bits per heavy atom. The number of Topliss-reactive ketones (excluding diaryl/α,β-unsaturated/α-hetero) is 1. The van der Waals surface area contributed by atoms with Gasteiger partial charge < -0.3 is 15.3 Å². The van der Waals surface area contributed by atoms with E-state index in [1.165, 1.54) is 0 Å². The molecule has 0 aromatic rings. The van der Waals surface area contributed by atoms with Gasteiger partial charge in [0.25, 0.3) is 0 Å². The van der Waals surface area contributed by atoms with Crippen molar-refractivity contribution in [3.05, 3.63) is 48.6 Å². The molecule has 0 unspecified atom stereocenters. The molecule has 0 amide bonds. The molecule has 0 bridgehead atoms. The summed E-state index contributed by atoms with van der Waals surface area (Å²) in [6.45, 7) is 2.03. The van der Waals surface area contributed by atoms with Crippen molar-refractivity contribution >= 4 is 11.8 Å². The molecule has 0 spiro atoms. The molecule has 5 nitrogen and oxygen atoms in total. The Kier molecular flexibility index (Phi) is 11.3. The molecule has 27 heavy (non-hydrogen) atoms. The number of carboxylic acid groups (broad SMARTS) is 1. The number of allylic oxidation sites excluding steroid dienone is 5. The van der Waals surface area contributed by atoms with Gasteiger partial charge in [-0.2, -0.15) is 0 Å². The van der Waals surface area contributed by atoms with Crippen LogP contribution in [0, 0.1) is 11.8 Å². The second kappa shape index (κ2) is 13.2. The van der Waals surface area contributed by atoms with Gasteiger partial charge >= 0.3 is 5.97 Å². The fraction of sp³-hybridized carbons (Fsp3) is 0.545. The molecule has 0 radical (unpaired) electrons. The lowest BCUT2D eigenvalue weighted by Crippen LogP contribution is -2.18. The topological polar surface area (TPSA) is 94.8 Å². The van der Waals surface area contributed by atoms with Crippen LogP contribution in [0.4, 0.5) is 0 Å². The number of rotatable bonds is 12. The van der Waals surface area contributed by atoms with E-state index in [4.69, 9.17) is 5.11 Å². The zero-order chi connectivity index (χ0) is 20.1. The summed E-state index contributed by atoms with van der Waals surface area (Å²) in [5.41, 5.74) is 0. The van der Waals surface area contributed by atoms with Crippen molar-refractivity contribution in [2.24, 2.45) is 11.8 Å². The minimum atomic E-state index is -0.806. The standard InChI is InChI=1S/C22H32O5/c1-2-3-8-11-17(23)14-15-19-18(20(24)16-21(19)25)12-9-6-4-5-7-10-13-22(26)27/h3,5-9,14-15,17-19,21,23,25H,2,4,10-13,16H2,1H3,(H,26,27)/b7-5-,8-3-,9-6-,15-14+/t17-,18-,19+,21+/m1/s1. The first-order valence-electron chi connectivity index (χ1n) is 9.69. The summed E-state index contributed by atoms with van der Waals surface area (Å²) >= 11 is 0. The van der Waals surface area contributed by atoms with Crippen molar-refractivity contribution in [2.75, 3.05) is 0 Å². The van der Waals surface area contributed by atoms with Crippen molar-refractivity contribution in [2.45, 2.75) is 64.1 Å². The Hall–Kier alpha value is -1.98. The van der Waals surface area contributed by atoms with Crippen molar-refractivity contribution < 1.29 is 24.9 Å². The van der Waals surface area contributed by atoms with E-state index in [0.717, 1.165) is 6.42 Å². The Bertz CT molecular complexity index is 573. The van der Waals surface area contributed by atoms with Gasteiger partial charge in [-0.1, -0.05) is 55.5 Å². The maximum atomic E-state index is 12.1. The van der Waals surface area contributed by atoms with Crippen LogP contribution in [-0.4, -0.2) is 39.3 Å². The van der Waals surface area contributed by atoms with Gasteiger partial charge in [0.1, 0.15) is 5.78 Å². The van der Waals surface area contributed by atoms with Crippen LogP contribution in [0.1, 0.15) is 51.9 Å². The van der Waals surface area contributed by atoms with E-state index < -0.39 is 18.2 Å². The molecule has 1 rings (SSSR count). The van der Waals surface area contributed by atoms with Gasteiger partial charge in [-0.3, -0.25) is 9.59 Å². The molecule has 0 saturated heterocycles. The Morgan fingerprint density at radius 1 is 1.19 bits per heavy atom. The highest BCUT2D eigenvalue weighted by molar-refractivity contribution is 5.84. The monoisotopic (exact) mass is 376 g/mol. The summed E-state index contributed by atoms with van der Waals surface area (Å²) < 4.78 is 0. The third-order valence-electron chi connectivity index (χ3n) is 4.59. The molecule has 0 aliphatic heterocycles.